The van der Waals surface area contributed by atoms with Gasteiger partial charge >= 0.3 is 6.18 Å². The molecule has 0 atom stereocenters. The third kappa shape index (κ3) is 3.07. The zero-order valence-corrected chi connectivity index (χ0v) is 12.4. The van der Waals surface area contributed by atoms with Crippen LogP contribution >= 0.6 is 11.3 Å². The average Bonchev–Trinajstić information content (AvgIpc) is 2.87. The van der Waals surface area contributed by atoms with E-state index in [4.69, 9.17) is 0 Å². The highest BCUT2D eigenvalue weighted by Crippen LogP contribution is 2.37. The van der Waals surface area contributed by atoms with Gasteiger partial charge in [-0.15, -0.1) is 0 Å². The molecule has 0 radical (unpaired) electrons. The number of fused-ring (bicyclic) bond motifs is 1. The normalized spacial score (nSPS) is 11.7. The predicted molar refractivity (Wildman–Crippen MR) is 78.9 cm³/mol. The van der Waals surface area contributed by atoms with Gasteiger partial charge in [-0.3, -0.25) is 10.1 Å². The third-order valence-electron chi connectivity index (χ3n) is 3.12. The molecule has 3 aromatic rings. The molecule has 0 fully saturated rings. The topological polar surface area (TPSA) is 42.0 Å². The van der Waals surface area contributed by atoms with Gasteiger partial charge in [0.2, 0.25) is 0 Å². The minimum absolute atomic E-state index is 0.115. The molecular formula is C15H7F5N2OS. The van der Waals surface area contributed by atoms with E-state index in [1.54, 1.807) is 0 Å². The highest BCUT2D eigenvalue weighted by atomic mass is 32.1. The molecule has 2 aromatic carbocycles. The van der Waals surface area contributed by atoms with Crippen molar-refractivity contribution >= 4 is 32.6 Å². The Morgan fingerprint density at radius 1 is 1.12 bits per heavy atom. The van der Waals surface area contributed by atoms with E-state index in [2.05, 4.69) is 10.3 Å². The van der Waals surface area contributed by atoms with E-state index in [9.17, 15) is 26.7 Å². The van der Waals surface area contributed by atoms with Crippen molar-refractivity contribution in [3.8, 4) is 0 Å². The number of para-hydroxylation sites is 1. The molecule has 0 spiro atoms. The Hall–Kier alpha value is -2.55. The van der Waals surface area contributed by atoms with Crippen molar-refractivity contribution in [1.29, 1.82) is 0 Å². The van der Waals surface area contributed by atoms with Crippen molar-refractivity contribution < 1.29 is 26.7 Å². The Morgan fingerprint density at radius 2 is 1.88 bits per heavy atom. The van der Waals surface area contributed by atoms with Crippen LogP contribution in [0.4, 0.5) is 27.1 Å². The summed E-state index contributed by atoms with van der Waals surface area (Å²) in [4.78, 5) is 15.7. The van der Waals surface area contributed by atoms with E-state index in [0.29, 0.717) is 6.07 Å². The number of hydrogen-bond donors (Lipinski definition) is 1. The Bertz CT molecular complexity index is 935. The largest absolute Gasteiger partial charge is 0.418 e. The summed E-state index contributed by atoms with van der Waals surface area (Å²) in [5.74, 6) is -2.86. The molecule has 0 aliphatic heterocycles. The molecule has 124 valence electrons. The van der Waals surface area contributed by atoms with Crippen LogP contribution in [0.2, 0.25) is 0 Å². The number of carbonyl (C=O) groups excluding carboxylic acids is 1. The highest BCUT2D eigenvalue weighted by molar-refractivity contribution is 7.22. The Balaban J connectivity index is 1.95. The maximum absolute atomic E-state index is 13.6. The monoisotopic (exact) mass is 358 g/mol. The summed E-state index contributed by atoms with van der Waals surface area (Å²) in [6, 6.07) is 5.92. The van der Waals surface area contributed by atoms with Crippen LogP contribution < -0.4 is 5.32 Å². The van der Waals surface area contributed by atoms with Gasteiger partial charge in [-0.1, -0.05) is 17.4 Å². The summed E-state index contributed by atoms with van der Waals surface area (Å²) in [5, 5.41) is 2.11. The molecular weight excluding hydrogens is 351 g/mol. The van der Waals surface area contributed by atoms with Crippen LogP contribution in [-0.4, -0.2) is 10.9 Å². The molecule has 1 aromatic heterocycles. The Kier molecular flexibility index (Phi) is 3.96. The summed E-state index contributed by atoms with van der Waals surface area (Å²) in [6.45, 7) is 0. The number of thiazole rings is 1. The number of amides is 1. The van der Waals surface area contributed by atoms with Gasteiger partial charge in [0.15, 0.2) is 5.13 Å². The number of hydrogen-bond acceptors (Lipinski definition) is 3. The second kappa shape index (κ2) is 5.82. The van der Waals surface area contributed by atoms with Gasteiger partial charge in [-0.25, -0.2) is 13.8 Å². The second-order valence-electron chi connectivity index (χ2n) is 4.75. The summed E-state index contributed by atoms with van der Waals surface area (Å²) >= 11 is 0.820. The van der Waals surface area contributed by atoms with Gasteiger partial charge in [-0.05, 0) is 24.3 Å². The first-order chi connectivity index (χ1) is 11.3. The van der Waals surface area contributed by atoms with Crippen LogP contribution in [0.15, 0.2) is 36.4 Å². The van der Waals surface area contributed by atoms with E-state index in [1.165, 1.54) is 12.1 Å². The Labute approximate surface area is 135 Å². The van der Waals surface area contributed by atoms with E-state index in [1.807, 2.05) is 0 Å². The van der Waals surface area contributed by atoms with Gasteiger partial charge in [0, 0.05) is 6.07 Å². The van der Waals surface area contributed by atoms with E-state index < -0.39 is 34.8 Å². The minimum atomic E-state index is -4.59. The molecule has 24 heavy (non-hydrogen) atoms. The number of halogens is 5. The van der Waals surface area contributed by atoms with Gasteiger partial charge in [-0.2, -0.15) is 13.2 Å². The molecule has 0 unspecified atom stereocenters. The van der Waals surface area contributed by atoms with Gasteiger partial charge in [0.1, 0.15) is 11.6 Å². The fourth-order valence-electron chi connectivity index (χ4n) is 2.07. The lowest BCUT2D eigenvalue weighted by Gasteiger charge is -2.06. The SMILES string of the molecule is O=C(Nc1nc2c(C(F)(F)F)cccc2s1)c1ccc(F)cc1F. The molecule has 3 rings (SSSR count). The van der Waals surface area contributed by atoms with Crippen molar-refractivity contribution in [1.82, 2.24) is 4.98 Å². The molecule has 9 heteroatoms. The van der Waals surface area contributed by atoms with Crippen molar-refractivity contribution in [2.75, 3.05) is 5.32 Å². The number of benzene rings is 2. The zero-order chi connectivity index (χ0) is 17.5. The van der Waals surface area contributed by atoms with Crippen LogP contribution in [0, 0.1) is 11.6 Å². The standard InChI is InChI=1S/C15H7F5N2OS/c16-7-4-5-8(10(17)6-7)13(23)22-14-21-12-9(15(18,19)20)2-1-3-11(12)24-14/h1-6H,(H,21,22,23). The summed E-state index contributed by atoms with van der Waals surface area (Å²) < 4.78 is 65.4. The summed E-state index contributed by atoms with van der Waals surface area (Å²) in [6.07, 6.45) is -4.59. The van der Waals surface area contributed by atoms with Gasteiger partial charge < -0.3 is 0 Å². The van der Waals surface area contributed by atoms with Crippen molar-refractivity contribution in [3.05, 3.63) is 59.2 Å². The van der Waals surface area contributed by atoms with Crippen LogP contribution in [0.1, 0.15) is 15.9 Å². The van der Waals surface area contributed by atoms with E-state index in [-0.39, 0.29) is 15.3 Å². The van der Waals surface area contributed by atoms with E-state index >= 15 is 0 Å². The number of rotatable bonds is 2. The number of aromatic nitrogens is 1. The smallest absolute Gasteiger partial charge is 0.298 e. The number of carbonyl (C=O) groups is 1. The van der Waals surface area contributed by atoms with Crippen LogP contribution in [0.5, 0.6) is 0 Å². The fourth-order valence-corrected chi connectivity index (χ4v) is 2.96. The highest BCUT2D eigenvalue weighted by Gasteiger charge is 2.33. The van der Waals surface area contributed by atoms with Crippen LogP contribution in [-0.2, 0) is 6.18 Å². The van der Waals surface area contributed by atoms with Crippen LogP contribution in [0.25, 0.3) is 10.2 Å². The second-order valence-corrected chi connectivity index (χ2v) is 5.78. The van der Waals surface area contributed by atoms with Crippen molar-refractivity contribution in [2.24, 2.45) is 0 Å². The van der Waals surface area contributed by atoms with E-state index in [0.717, 1.165) is 29.5 Å². The molecule has 0 aliphatic rings. The van der Waals surface area contributed by atoms with Crippen molar-refractivity contribution in [3.63, 3.8) is 0 Å². The maximum Gasteiger partial charge on any atom is 0.418 e. The maximum atomic E-state index is 13.6. The Morgan fingerprint density at radius 3 is 2.54 bits per heavy atom. The number of alkyl halides is 3. The zero-order valence-electron chi connectivity index (χ0n) is 11.6. The molecule has 0 saturated heterocycles. The fraction of sp³-hybridized carbons (Fsp3) is 0.0667. The molecule has 1 amide bonds. The average molecular weight is 358 g/mol. The minimum Gasteiger partial charge on any atom is -0.298 e. The predicted octanol–water partition coefficient (Wildman–Crippen LogP) is 4.85. The molecule has 1 N–H and O–H groups in total. The van der Waals surface area contributed by atoms with Crippen LogP contribution in [0.3, 0.4) is 0 Å². The number of nitrogens with zero attached hydrogens (tertiary/aromatic N) is 1. The molecule has 0 aliphatic carbocycles. The molecule has 0 saturated carbocycles. The third-order valence-corrected chi connectivity index (χ3v) is 4.06. The van der Waals surface area contributed by atoms with Crippen molar-refractivity contribution in [2.45, 2.75) is 6.18 Å². The quantitative estimate of drug-likeness (QED) is 0.666. The number of nitrogens with one attached hydrogen (secondary N) is 1. The lowest BCUT2D eigenvalue weighted by Crippen LogP contribution is -2.13. The summed E-state index contributed by atoms with van der Waals surface area (Å²) in [7, 11) is 0. The van der Waals surface area contributed by atoms with Gasteiger partial charge in [0.25, 0.3) is 5.91 Å². The molecule has 3 nitrogen and oxygen atoms in total. The summed E-state index contributed by atoms with van der Waals surface area (Å²) in [5.41, 5.74) is -1.67. The number of anilines is 1. The first-order valence-electron chi connectivity index (χ1n) is 6.49. The lowest BCUT2D eigenvalue weighted by atomic mass is 10.2. The lowest BCUT2D eigenvalue weighted by molar-refractivity contribution is -0.136. The molecule has 1 heterocycles. The first kappa shape index (κ1) is 16.3. The first-order valence-corrected chi connectivity index (χ1v) is 7.30. The molecule has 0 bridgehead atoms. The van der Waals surface area contributed by atoms with Gasteiger partial charge in [0.05, 0.1) is 21.3 Å².